The normalized spacial score (nSPS) is 29.9. The molecule has 0 radical (unpaired) electrons. The predicted octanol–water partition coefficient (Wildman–Crippen LogP) is 4.27. The summed E-state index contributed by atoms with van der Waals surface area (Å²) in [7, 11) is 2.11. The van der Waals surface area contributed by atoms with Crippen LogP contribution in [0.5, 0.6) is 0 Å². The minimum Gasteiger partial charge on any atom is -0.391 e. The number of likely N-dealkylation sites (tertiary alicyclic amines) is 1. The van der Waals surface area contributed by atoms with Gasteiger partial charge < -0.3 is 10.0 Å². The van der Waals surface area contributed by atoms with Crippen molar-refractivity contribution in [2.45, 2.75) is 107 Å². The number of aliphatic hydroxyl groups excluding tert-OH is 1. The first-order valence-corrected chi connectivity index (χ1v) is 15.8. The molecule has 4 atom stereocenters. The number of hydrogen-bond acceptors (Lipinski definition) is 6. The third-order valence-electron chi connectivity index (χ3n) is 10.8. The molecular weight excluding hydrogens is 524 g/mol. The molecule has 0 spiro atoms. The molecule has 1 amide bonds. The van der Waals surface area contributed by atoms with E-state index in [1.54, 1.807) is 6.33 Å². The Balaban J connectivity index is 1.21. The highest BCUT2D eigenvalue weighted by molar-refractivity contribution is 6.30. The van der Waals surface area contributed by atoms with Crippen molar-refractivity contribution in [3.05, 3.63) is 47.5 Å². The predicted molar refractivity (Wildman–Crippen MR) is 156 cm³/mol. The van der Waals surface area contributed by atoms with E-state index in [2.05, 4.69) is 32.2 Å². The van der Waals surface area contributed by atoms with Gasteiger partial charge in [0.2, 0.25) is 5.91 Å². The van der Waals surface area contributed by atoms with E-state index < -0.39 is 0 Å². The molecule has 1 saturated carbocycles. The molecule has 4 aliphatic rings. The molecule has 2 bridgehead atoms. The van der Waals surface area contributed by atoms with E-state index in [0.717, 1.165) is 57.3 Å². The average Bonchev–Trinajstić information content (AvgIpc) is 3.51. The van der Waals surface area contributed by atoms with Crippen LogP contribution in [0.25, 0.3) is 0 Å². The van der Waals surface area contributed by atoms with Crippen molar-refractivity contribution in [3.8, 4) is 0 Å². The fourth-order valence-electron chi connectivity index (χ4n) is 8.52. The molecule has 3 aliphatic heterocycles. The third kappa shape index (κ3) is 5.57. The Hall–Kier alpha value is -2.00. The van der Waals surface area contributed by atoms with E-state index in [0.29, 0.717) is 23.8 Å². The van der Waals surface area contributed by atoms with E-state index in [1.165, 1.54) is 32.1 Å². The number of nitrogens with one attached hydrogen (secondary N) is 1. The van der Waals surface area contributed by atoms with Crippen LogP contribution in [0.4, 0.5) is 0 Å². The number of nitrogens with zero attached hydrogens (tertiary/aromatic N) is 5. The number of aliphatic hydroxyl groups is 1. The third-order valence-corrected chi connectivity index (χ3v) is 11.1. The molecule has 9 heteroatoms. The van der Waals surface area contributed by atoms with Crippen molar-refractivity contribution < 1.29 is 9.90 Å². The van der Waals surface area contributed by atoms with E-state index in [-0.39, 0.29) is 35.2 Å². The van der Waals surface area contributed by atoms with Crippen LogP contribution in [-0.4, -0.2) is 79.6 Å². The van der Waals surface area contributed by atoms with Gasteiger partial charge in [-0.05, 0) is 87.4 Å². The summed E-state index contributed by atoms with van der Waals surface area (Å²) in [4.78, 5) is 23.0. The lowest BCUT2D eigenvalue weighted by molar-refractivity contribution is -0.138. The highest BCUT2D eigenvalue weighted by Crippen LogP contribution is 2.47. The number of benzene rings is 1. The minimum absolute atomic E-state index is 0.162. The van der Waals surface area contributed by atoms with Gasteiger partial charge in [-0.1, -0.05) is 43.0 Å². The maximum absolute atomic E-state index is 14.3. The van der Waals surface area contributed by atoms with Gasteiger partial charge in [-0.15, -0.1) is 0 Å². The molecule has 8 nitrogen and oxygen atoms in total. The molecule has 1 aromatic heterocycles. The first kappa shape index (κ1) is 28.1. The SMILES string of the molecule is CN1C2CCCC1(N[C@H](Cc1ccc(Cl)cc1)C(=O)N1CCC(Cn3cncn3)(C3CCCCC3)CC1)CC2O. The van der Waals surface area contributed by atoms with Gasteiger partial charge in [-0.25, -0.2) is 4.98 Å². The number of carbonyl (C=O) groups is 1. The van der Waals surface area contributed by atoms with Crippen LogP contribution in [0, 0.1) is 11.3 Å². The molecule has 218 valence electrons. The van der Waals surface area contributed by atoms with Crippen molar-refractivity contribution in [1.82, 2.24) is 29.9 Å². The first-order chi connectivity index (χ1) is 19.4. The summed E-state index contributed by atoms with van der Waals surface area (Å²) in [6, 6.07) is 7.67. The van der Waals surface area contributed by atoms with Gasteiger partial charge in [0.15, 0.2) is 0 Å². The molecule has 1 aliphatic carbocycles. The van der Waals surface area contributed by atoms with E-state index >= 15 is 0 Å². The van der Waals surface area contributed by atoms with Crippen LogP contribution in [0.3, 0.4) is 0 Å². The van der Waals surface area contributed by atoms with Crippen molar-refractivity contribution in [2.75, 3.05) is 20.1 Å². The highest BCUT2D eigenvalue weighted by Gasteiger charge is 2.53. The Bertz CT molecular complexity index is 1130. The number of rotatable bonds is 8. The standard InChI is InChI=1S/C31H45ClN6O2/c1-36-27-8-5-13-31(36,19-28(27)39)35-26(18-23-9-11-25(32)12-10-23)29(40)37-16-14-30(15-17-37,20-38-22-33-21-34-38)24-6-3-2-4-7-24/h9-12,21-22,24,26-28,35,39H,2-8,13-20H2,1H3/t26-,27?,28?,31?/m1/s1. The molecular formula is C31H45ClN6O2. The molecule has 1 aromatic carbocycles. The summed E-state index contributed by atoms with van der Waals surface area (Å²) in [6.45, 7) is 2.44. The highest BCUT2D eigenvalue weighted by atomic mass is 35.5. The topological polar surface area (TPSA) is 86.5 Å². The van der Waals surface area contributed by atoms with Crippen LogP contribution in [0.2, 0.25) is 5.02 Å². The number of likely N-dealkylation sites (N-methyl/N-ethyl adjacent to an activating group) is 1. The Morgan fingerprint density at radius 2 is 1.85 bits per heavy atom. The lowest BCUT2D eigenvalue weighted by Crippen LogP contribution is -2.64. The number of piperidine rings is 2. The largest absolute Gasteiger partial charge is 0.391 e. The maximum atomic E-state index is 14.3. The van der Waals surface area contributed by atoms with Gasteiger partial charge in [0.05, 0.1) is 17.8 Å². The van der Waals surface area contributed by atoms with Crippen LogP contribution in [0.15, 0.2) is 36.9 Å². The van der Waals surface area contributed by atoms with E-state index in [4.69, 9.17) is 11.6 Å². The van der Waals surface area contributed by atoms with Crippen molar-refractivity contribution >= 4 is 17.5 Å². The second-order valence-electron chi connectivity index (χ2n) is 13.0. The van der Waals surface area contributed by atoms with E-state index in [9.17, 15) is 9.90 Å². The van der Waals surface area contributed by atoms with Crippen LogP contribution >= 0.6 is 11.6 Å². The van der Waals surface area contributed by atoms with Gasteiger partial charge in [-0.2, -0.15) is 5.10 Å². The van der Waals surface area contributed by atoms with Crippen LogP contribution in [0.1, 0.15) is 76.2 Å². The number of fused-ring (bicyclic) bond motifs is 2. The Kier molecular flexibility index (Phi) is 8.23. The molecule has 3 saturated heterocycles. The van der Waals surface area contributed by atoms with Crippen LogP contribution in [-0.2, 0) is 17.8 Å². The second kappa shape index (κ2) is 11.7. The Morgan fingerprint density at radius 3 is 2.55 bits per heavy atom. The van der Waals surface area contributed by atoms with Gasteiger partial charge in [0, 0.05) is 37.1 Å². The number of amides is 1. The second-order valence-corrected chi connectivity index (χ2v) is 13.5. The van der Waals surface area contributed by atoms with Crippen molar-refractivity contribution in [3.63, 3.8) is 0 Å². The monoisotopic (exact) mass is 568 g/mol. The number of hydrogen-bond donors (Lipinski definition) is 2. The Morgan fingerprint density at radius 1 is 1.10 bits per heavy atom. The van der Waals surface area contributed by atoms with Crippen molar-refractivity contribution in [2.24, 2.45) is 11.3 Å². The van der Waals surface area contributed by atoms with Crippen LogP contribution < -0.4 is 5.32 Å². The summed E-state index contributed by atoms with van der Waals surface area (Å²) in [5, 5.41) is 19.8. The fraction of sp³-hybridized carbons (Fsp3) is 0.710. The summed E-state index contributed by atoms with van der Waals surface area (Å²) >= 11 is 6.18. The Labute approximate surface area is 243 Å². The molecule has 2 aromatic rings. The number of carbonyl (C=O) groups excluding carboxylic acids is 1. The summed E-state index contributed by atoms with van der Waals surface area (Å²) in [5.41, 5.74) is 0.916. The summed E-state index contributed by atoms with van der Waals surface area (Å²) in [6.07, 6.45) is 15.9. The first-order valence-electron chi connectivity index (χ1n) is 15.4. The fourth-order valence-corrected chi connectivity index (χ4v) is 8.65. The molecule has 3 unspecified atom stereocenters. The molecule has 6 rings (SSSR count). The molecule has 4 fully saturated rings. The summed E-state index contributed by atoms with van der Waals surface area (Å²) in [5.74, 6) is 0.858. The number of aromatic nitrogens is 3. The lowest BCUT2D eigenvalue weighted by atomic mass is 9.63. The van der Waals surface area contributed by atoms with Gasteiger partial charge in [0.25, 0.3) is 0 Å². The quantitative estimate of drug-likeness (QED) is 0.495. The summed E-state index contributed by atoms with van der Waals surface area (Å²) < 4.78 is 2.01. The minimum atomic E-state index is -0.356. The molecule has 4 heterocycles. The van der Waals surface area contributed by atoms with Gasteiger partial charge >= 0.3 is 0 Å². The zero-order valence-electron chi connectivity index (χ0n) is 23.8. The van der Waals surface area contributed by atoms with Crippen molar-refractivity contribution in [1.29, 1.82) is 0 Å². The smallest absolute Gasteiger partial charge is 0.240 e. The zero-order valence-corrected chi connectivity index (χ0v) is 24.6. The van der Waals surface area contributed by atoms with Gasteiger partial charge in [-0.3, -0.25) is 19.7 Å². The lowest BCUT2D eigenvalue weighted by Gasteiger charge is -2.49. The van der Waals surface area contributed by atoms with Gasteiger partial charge in [0.1, 0.15) is 12.7 Å². The number of halogens is 1. The molecule has 2 N–H and O–H groups in total. The van der Waals surface area contributed by atoms with E-state index in [1.807, 2.05) is 35.3 Å². The zero-order chi connectivity index (χ0) is 27.7. The molecule has 40 heavy (non-hydrogen) atoms. The average molecular weight is 569 g/mol. The maximum Gasteiger partial charge on any atom is 0.240 e.